The predicted octanol–water partition coefficient (Wildman–Crippen LogP) is 4.43. The lowest BCUT2D eigenvalue weighted by Gasteiger charge is -2.23. The smallest absolute Gasteiger partial charge is 0.258 e. The fourth-order valence-electron chi connectivity index (χ4n) is 3.53. The minimum absolute atomic E-state index is 0.0158. The highest BCUT2D eigenvalue weighted by Gasteiger charge is 2.31. The van der Waals surface area contributed by atoms with Gasteiger partial charge in [0.05, 0.1) is 12.8 Å². The van der Waals surface area contributed by atoms with E-state index >= 15 is 0 Å². The maximum atomic E-state index is 13.2. The second-order valence-corrected chi connectivity index (χ2v) is 6.61. The van der Waals surface area contributed by atoms with Crippen LogP contribution in [0, 0.1) is 0 Å². The minimum atomic E-state index is -0.0158. The van der Waals surface area contributed by atoms with E-state index in [2.05, 4.69) is 23.3 Å². The third-order valence-electron chi connectivity index (χ3n) is 4.80. The van der Waals surface area contributed by atoms with Gasteiger partial charge in [-0.3, -0.25) is 4.79 Å². The molecule has 5 nitrogen and oxygen atoms in total. The summed E-state index contributed by atoms with van der Waals surface area (Å²) in [5.41, 5.74) is 3.61. The van der Waals surface area contributed by atoms with Crippen LogP contribution in [0.5, 0.6) is 5.75 Å². The maximum Gasteiger partial charge on any atom is 0.258 e. The van der Waals surface area contributed by atoms with Crippen molar-refractivity contribution in [3.63, 3.8) is 0 Å². The number of methoxy groups -OCH3 is 1. The van der Waals surface area contributed by atoms with Gasteiger partial charge >= 0.3 is 0 Å². The molecule has 3 aromatic rings. The van der Waals surface area contributed by atoms with Crippen molar-refractivity contribution in [2.45, 2.75) is 19.4 Å². The third kappa shape index (κ3) is 3.24. The Hall–Kier alpha value is -3.34. The number of anilines is 3. The van der Waals surface area contributed by atoms with E-state index in [1.54, 1.807) is 25.4 Å². The normalized spacial score (nSPS) is 15.3. The molecule has 0 saturated heterocycles. The Morgan fingerprint density at radius 3 is 2.78 bits per heavy atom. The van der Waals surface area contributed by atoms with Crippen LogP contribution >= 0.6 is 0 Å². The lowest BCUT2D eigenvalue weighted by molar-refractivity contribution is 0.0981. The van der Waals surface area contributed by atoms with Gasteiger partial charge in [0.1, 0.15) is 11.6 Å². The first kappa shape index (κ1) is 17.1. The van der Waals surface area contributed by atoms with Crippen molar-refractivity contribution in [2.75, 3.05) is 17.3 Å². The Balaban J connectivity index is 1.62. The Kier molecular flexibility index (Phi) is 4.50. The number of carbonyl (C=O) groups excluding carboxylic acids is 1. The molecular weight excluding hydrogens is 338 g/mol. The van der Waals surface area contributed by atoms with Crippen LogP contribution in [-0.4, -0.2) is 24.0 Å². The summed E-state index contributed by atoms with van der Waals surface area (Å²) in [4.78, 5) is 19.4. The van der Waals surface area contributed by atoms with Gasteiger partial charge in [-0.25, -0.2) is 4.98 Å². The first-order valence-corrected chi connectivity index (χ1v) is 8.95. The highest BCUT2D eigenvalue weighted by molar-refractivity contribution is 6.08. The molecule has 5 heteroatoms. The number of amides is 1. The third-order valence-corrected chi connectivity index (χ3v) is 4.80. The van der Waals surface area contributed by atoms with Gasteiger partial charge in [-0.05, 0) is 49.2 Å². The van der Waals surface area contributed by atoms with E-state index in [1.165, 1.54) is 5.56 Å². The van der Waals surface area contributed by atoms with Gasteiger partial charge in [0.25, 0.3) is 5.91 Å². The Bertz CT molecular complexity index is 987. The molecule has 0 spiro atoms. The Morgan fingerprint density at radius 1 is 1.15 bits per heavy atom. The number of rotatable bonds is 4. The zero-order chi connectivity index (χ0) is 18.8. The van der Waals surface area contributed by atoms with E-state index in [9.17, 15) is 4.79 Å². The largest absolute Gasteiger partial charge is 0.495 e. The van der Waals surface area contributed by atoms with E-state index in [1.807, 2.05) is 47.4 Å². The molecule has 136 valence electrons. The van der Waals surface area contributed by atoms with E-state index in [-0.39, 0.29) is 11.9 Å². The van der Waals surface area contributed by atoms with Crippen LogP contribution in [0.25, 0.3) is 0 Å². The van der Waals surface area contributed by atoms with Crippen molar-refractivity contribution >= 4 is 23.1 Å². The molecule has 2 aromatic carbocycles. The van der Waals surface area contributed by atoms with E-state index < -0.39 is 0 Å². The molecule has 1 N–H and O–H groups in total. The van der Waals surface area contributed by atoms with Gasteiger partial charge in [0, 0.05) is 23.5 Å². The van der Waals surface area contributed by atoms with Crippen LogP contribution in [0.3, 0.4) is 0 Å². The van der Waals surface area contributed by atoms with Gasteiger partial charge in [0.2, 0.25) is 0 Å². The number of fused-ring (bicyclic) bond motifs is 1. The number of nitrogens with one attached hydrogen (secondary N) is 1. The van der Waals surface area contributed by atoms with Gasteiger partial charge in [0.15, 0.2) is 0 Å². The zero-order valence-electron chi connectivity index (χ0n) is 15.3. The number of nitrogens with zero attached hydrogens (tertiary/aromatic N) is 2. The summed E-state index contributed by atoms with van der Waals surface area (Å²) in [7, 11) is 1.63. The summed E-state index contributed by atoms with van der Waals surface area (Å²) in [5, 5.41) is 3.23. The number of pyridine rings is 1. The second kappa shape index (κ2) is 7.11. The molecule has 0 saturated carbocycles. The van der Waals surface area contributed by atoms with Crippen LogP contribution < -0.4 is 15.0 Å². The fraction of sp³-hybridized carbons (Fsp3) is 0.182. The van der Waals surface area contributed by atoms with E-state index in [0.29, 0.717) is 11.4 Å². The lowest BCUT2D eigenvalue weighted by atomic mass is 10.1. The SMILES string of the molecule is COc1ccccc1Nc1cc(C(=O)N2c3ccccc3CC2C)ccn1. The summed E-state index contributed by atoms with van der Waals surface area (Å²) < 4.78 is 5.36. The molecule has 1 aliphatic heterocycles. The van der Waals surface area contributed by atoms with Crippen molar-refractivity contribution in [1.82, 2.24) is 4.98 Å². The van der Waals surface area contributed by atoms with E-state index in [4.69, 9.17) is 4.74 Å². The van der Waals surface area contributed by atoms with Crippen molar-refractivity contribution in [3.05, 3.63) is 78.0 Å². The molecule has 1 amide bonds. The lowest BCUT2D eigenvalue weighted by Crippen LogP contribution is -2.35. The average Bonchev–Trinajstić information content (AvgIpc) is 3.03. The minimum Gasteiger partial charge on any atom is -0.495 e. The summed E-state index contributed by atoms with van der Waals surface area (Å²) in [6, 6.07) is 19.4. The van der Waals surface area contributed by atoms with Gasteiger partial charge in [-0.15, -0.1) is 0 Å². The molecule has 0 bridgehead atoms. The quantitative estimate of drug-likeness (QED) is 0.749. The van der Waals surface area contributed by atoms with Gasteiger partial charge < -0.3 is 15.0 Å². The number of hydrogen-bond donors (Lipinski definition) is 1. The molecule has 27 heavy (non-hydrogen) atoms. The first-order chi connectivity index (χ1) is 13.2. The molecule has 2 heterocycles. The second-order valence-electron chi connectivity index (χ2n) is 6.61. The molecule has 0 radical (unpaired) electrons. The maximum absolute atomic E-state index is 13.2. The van der Waals surface area contributed by atoms with Crippen molar-refractivity contribution in [3.8, 4) is 5.75 Å². The average molecular weight is 359 g/mol. The highest BCUT2D eigenvalue weighted by Crippen LogP contribution is 2.33. The summed E-state index contributed by atoms with van der Waals surface area (Å²) in [6.07, 6.45) is 2.52. The van der Waals surface area contributed by atoms with Crippen LogP contribution in [-0.2, 0) is 6.42 Å². The first-order valence-electron chi connectivity index (χ1n) is 8.95. The monoisotopic (exact) mass is 359 g/mol. The fourth-order valence-corrected chi connectivity index (χ4v) is 3.53. The number of aromatic nitrogens is 1. The standard InChI is InChI=1S/C22H21N3O2/c1-15-13-16-7-3-5-9-19(16)25(15)22(26)17-11-12-23-21(14-17)24-18-8-4-6-10-20(18)27-2/h3-12,14-15H,13H2,1-2H3,(H,23,24). The van der Waals surface area contributed by atoms with Crippen LogP contribution in [0.15, 0.2) is 66.9 Å². The Labute approximate surface area is 158 Å². The number of para-hydroxylation sites is 3. The number of hydrogen-bond acceptors (Lipinski definition) is 4. The van der Waals surface area contributed by atoms with E-state index in [0.717, 1.165) is 23.5 Å². The van der Waals surface area contributed by atoms with Gasteiger partial charge in [-0.2, -0.15) is 0 Å². The Morgan fingerprint density at radius 2 is 1.93 bits per heavy atom. The number of carbonyl (C=O) groups is 1. The summed E-state index contributed by atoms with van der Waals surface area (Å²) >= 11 is 0. The van der Waals surface area contributed by atoms with Crippen molar-refractivity contribution in [1.29, 1.82) is 0 Å². The summed E-state index contributed by atoms with van der Waals surface area (Å²) in [6.45, 7) is 2.08. The topological polar surface area (TPSA) is 54.5 Å². The number of benzene rings is 2. The molecular formula is C22H21N3O2. The molecule has 0 aliphatic carbocycles. The summed E-state index contributed by atoms with van der Waals surface area (Å²) in [5.74, 6) is 1.31. The number of ether oxygens (including phenoxy) is 1. The van der Waals surface area contributed by atoms with Crippen LogP contribution in [0.1, 0.15) is 22.8 Å². The molecule has 1 aliphatic rings. The predicted molar refractivity (Wildman–Crippen MR) is 107 cm³/mol. The van der Waals surface area contributed by atoms with Crippen LogP contribution in [0.2, 0.25) is 0 Å². The van der Waals surface area contributed by atoms with Crippen molar-refractivity contribution < 1.29 is 9.53 Å². The molecule has 1 aromatic heterocycles. The molecule has 1 unspecified atom stereocenters. The van der Waals surface area contributed by atoms with Crippen molar-refractivity contribution in [2.24, 2.45) is 0 Å². The van der Waals surface area contributed by atoms with Gasteiger partial charge in [-0.1, -0.05) is 30.3 Å². The highest BCUT2D eigenvalue weighted by atomic mass is 16.5. The zero-order valence-corrected chi connectivity index (χ0v) is 15.3. The molecule has 4 rings (SSSR count). The van der Waals surface area contributed by atoms with Crippen LogP contribution in [0.4, 0.5) is 17.2 Å². The molecule has 1 atom stereocenters. The molecule has 0 fully saturated rings.